The number of unbranched alkanes of at least 4 members (excludes halogenated alkanes) is 31. The second-order valence-corrected chi connectivity index (χ2v) is 23.3. The van der Waals surface area contributed by atoms with Crippen LogP contribution in [0, 0.1) is 0 Å². The van der Waals surface area contributed by atoms with Gasteiger partial charge in [-0.1, -0.05) is 249 Å². The summed E-state index contributed by atoms with van der Waals surface area (Å²) in [6.07, 6.45) is 66.4. The zero-order valence-corrected chi connectivity index (χ0v) is 49.5. The molecule has 0 bridgehead atoms. The Morgan fingerprint density at radius 3 is 1.29 bits per heavy atom. The van der Waals surface area contributed by atoms with Crippen molar-refractivity contribution >= 4 is 19.7 Å². The fourth-order valence-electron chi connectivity index (χ4n) is 8.69. The van der Waals surface area contributed by atoms with E-state index < -0.39 is 20.0 Å². The van der Waals surface area contributed by atoms with Crippen molar-refractivity contribution < 1.29 is 37.3 Å². The number of phosphoric acid groups is 1. The van der Waals surface area contributed by atoms with Crippen molar-refractivity contribution in [3.63, 3.8) is 0 Å². The number of nitrogens with zero attached hydrogens (tertiary/aromatic N) is 1. The van der Waals surface area contributed by atoms with Gasteiger partial charge in [0.1, 0.15) is 19.3 Å². The molecule has 3 unspecified atom stereocenters. The molecule has 0 aliphatic carbocycles. The maximum absolute atomic E-state index is 13.5. The van der Waals surface area contributed by atoms with E-state index in [-0.39, 0.29) is 31.5 Å². The van der Waals surface area contributed by atoms with Crippen LogP contribution in [0.3, 0.4) is 0 Å². The molecule has 3 atom stereocenters. The molecule has 0 aromatic rings. The van der Waals surface area contributed by atoms with E-state index in [0.717, 1.165) is 77.0 Å². The van der Waals surface area contributed by atoms with Crippen LogP contribution in [-0.4, -0.2) is 74.3 Å². The number of carbonyl (C=O) groups excluding carboxylic acids is 2. The van der Waals surface area contributed by atoms with E-state index in [1.165, 1.54) is 161 Å². The minimum Gasteiger partial charge on any atom is -0.456 e. The molecule has 0 aliphatic heterocycles. The number of likely N-dealkylation sites (N-methyl/N-ethyl adjacent to an activating group) is 1. The first-order chi connectivity index (χ1) is 35.4. The first-order valence-electron chi connectivity index (χ1n) is 30.6. The average Bonchev–Trinajstić information content (AvgIpc) is 3.35. The first-order valence-corrected chi connectivity index (χ1v) is 32.1. The predicted molar refractivity (Wildman–Crippen MR) is 314 cm³/mol. The topological polar surface area (TPSA) is 111 Å². The standard InChI is InChI=1S/C63H117N2O7P/c1-7-10-13-16-19-22-25-28-30-32-33-34-36-38-41-44-47-50-53-56-63(67)72-61(54-51-48-45-42-39-27-24-21-18-15-12-9-3)60(59-71-73(68,69)70-58-57-65(4,5)6)64-62(66)55-52-49-46-43-40-37-35-31-29-26-23-20-17-14-11-8-2/h19,22,28,30,33-34,38,41,51,54,60-61H,7-18,20-21,23-27,29,31-32,35-37,39-40,42-50,52-53,55-59H2,1-6H3,(H-,64,66,68,69)/p+1/b22-19-,30-28-,34-33-,41-38-,54-51+. The van der Waals surface area contributed by atoms with Crippen molar-refractivity contribution in [1.82, 2.24) is 5.32 Å². The van der Waals surface area contributed by atoms with E-state index >= 15 is 0 Å². The molecule has 0 heterocycles. The van der Waals surface area contributed by atoms with Crippen LogP contribution in [0.25, 0.3) is 0 Å². The molecule has 0 spiro atoms. The first kappa shape index (κ1) is 70.7. The fraction of sp³-hybridized carbons (Fsp3) is 0.810. The van der Waals surface area contributed by atoms with Gasteiger partial charge < -0.3 is 19.4 Å². The number of esters is 1. The summed E-state index contributed by atoms with van der Waals surface area (Å²) >= 11 is 0. The van der Waals surface area contributed by atoms with Gasteiger partial charge in [-0.25, -0.2) is 4.57 Å². The highest BCUT2D eigenvalue weighted by Crippen LogP contribution is 2.43. The van der Waals surface area contributed by atoms with Crippen LogP contribution in [0.15, 0.2) is 60.8 Å². The SMILES string of the molecule is CCCCC/C=C\C/C=C\C/C=C\C/C=C\CCCCCC(=O)OC(/C=C/CCCCCCCCCCCC)C(COP(=O)(O)OCC[N+](C)(C)C)NC(=O)CCCCCCCCCCCCCCCCCC. The third kappa shape index (κ3) is 54.3. The number of allylic oxidation sites excluding steroid dienone is 9. The highest BCUT2D eigenvalue weighted by molar-refractivity contribution is 7.47. The van der Waals surface area contributed by atoms with Gasteiger partial charge in [0.25, 0.3) is 0 Å². The number of carbonyl (C=O) groups is 2. The maximum atomic E-state index is 13.5. The molecular formula is C63H118N2O7P+. The summed E-state index contributed by atoms with van der Waals surface area (Å²) in [5.41, 5.74) is 0. The monoisotopic (exact) mass is 1050 g/mol. The Balaban J connectivity index is 5.33. The molecule has 2 N–H and O–H groups in total. The van der Waals surface area contributed by atoms with Crippen molar-refractivity contribution in [2.75, 3.05) is 40.9 Å². The number of nitrogens with one attached hydrogen (secondary N) is 1. The summed E-state index contributed by atoms with van der Waals surface area (Å²) in [6.45, 7) is 6.98. The molecule has 0 rings (SSSR count). The number of ether oxygens (including phenoxy) is 1. The van der Waals surface area contributed by atoms with E-state index in [1.54, 1.807) is 0 Å². The van der Waals surface area contributed by atoms with Crippen molar-refractivity contribution in [3.05, 3.63) is 60.8 Å². The summed E-state index contributed by atoms with van der Waals surface area (Å²) in [5, 5.41) is 3.05. The number of phosphoric ester groups is 1. The molecule has 0 aromatic heterocycles. The third-order valence-corrected chi connectivity index (χ3v) is 14.4. The highest BCUT2D eigenvalue weighted by atomic mass is 31.2. The number of quaternary nitrogens is 1. The Labute approximate surface area is 451 Å². The van der Waals surface area contributed by atoms with Gasteiger partial charge >= 0.3 is 13.8 Å². The second kappa shape index (κ2) is 53.1. The summed E-state index contributed by atoms with van der Waals surface area (Å²) in [6, 6.07) is -0.860. The molecule has 0 aliphatic rings. The molecule has 9 nitrogen and oxygen atoms in total. The maximum Gasteiger partial charge on any atom is 0.472 e. The van der Waals surface area contributed by atoms with E-state index in [4.69, 9.17) is 13.8 Å². The summed E-state index contributed by atoms with van der Waals surface area (Å²) < 4.78 is 30.6. The fourth-order valence-corrected chi connectivity index (χ4v) is 9.42. The lowest BCUT2D eigenvalue weighted by Crippen LogP contribution is -2.47. The molecule has 0 radical (unpaired) electrons. The largest absolute Gasteiger partial charge is 0.472 e. The minimum atomic E-state index is -4.45. The quantitative estimate of drug-likeness (QED) is 0.0205. The van der Waals surface area contributed by atoms with Gasteiger partial charge in [-0.15, -0.1) is 0 Å². The van der Waals surface area contributed by atoms with Crippen LogP contribution in [0.1, 0.15) is 278 Å². The summed E-state index contributed by atoms with van der Waals surface area (Å²) in [5.74, 6) is -0.534. The number of rotatable bonds is 55. The van der Waals surface area contributed by atoms with Gasteiger partial charge in [0.2, 0.25) is 5.91 Å². The van der Waals surface area contributed by atoms with Crippen molar-refractivity contribution in [2.45, 2.75) is 290 Å². The Hall–Kier alpha value is -2.29. The molecule has 0 fully saturated rings. The normalized spacial score (nSPS) is 14.1. The van der Waals surface area contributed by atoms with Gasteiger partial charge in [0, 0.05) is 12.8 Å². The third-order valence-electron chi connectivity index (χ3n) is 13.5. The van der Waals surface area contributed by atoms with E-state index in [0.29, 0.717) is 23.9 Å². The molecule has 1 amide bonds. The highest BCUT2D eigenvalue weighted by Gasteiger charge is 2.30. The zero-order chi connectivity index (χ0) is 53.6. The lowest BCUT2D eigenvalue weighted by molar-refractivity contribution is -0.870. The van der Waals surface area contributed by atoms with Crippen molar-refractivity contribution in [3.8, 4) is 0 Å². The number of hydrogen-bond acceptors (Lipinski definition) is 6. The van der Waals surface area contributed by atoms with Crippen LogP contribution in [-0.2, 0) is 27.9 Å². The van der Waals surface area contributed by atoms with E-state index in [9.17, 15) is 19.0 Å². The molecule has 0 aromatic carbocycles. The lowest BCUT2D eigenvalue weighted by atomic mass is 10.0. The van der Waals surface area contributed by atoms with Crippen LogP contribution in [0.4, 0.5) is 0 Å². The van der Waals surface area contributed by atoms with Crippen molar-refractivity contribution in [2.24, 2.45) is 0 Å². The average molecular weight is 1050 g/mol. The Kier molecular flexibility index (Phi) is 51.5. The van der Waals surface area contributed by atoms with Crippen LogP contribution in [0.2, 0.25) is 0 Å². The Bertz CT molecular complexity index is 1440. The lowest BCUT2D eigenvalue weighted by Gasteiger charge is -2.27. The van der Waals surface area contributed by atoms with E-state index in [1.807, 2.05) is 33.3 Å². The molecule has 426 valence electrons. The summed E-state index contributed by atoms with van der Waals surface area (Å²) in [7, 11) is 1.48. The van der Waals surface area contributed by atoms with Crippen LogP contribution >= 0.6 is 7.82 Å². The van der Waals surface area contributed by atoms with Gasteiger partial charge in [0.15, 0.2) is 0 Å². The minimum absolute atomic E-state index is 0.0349. The van der Waals surface area contributed by atoms with Crippen molar-refractivity contribution in [1.29, 1.82) is 0 Å². The molecule has 73 heavy (non-hydrogen) atoms. The van der Waals surface area contributed by atoms with Gasteiger partial charge in [-0.2, -0.15) is 0 Å². The predicted octanol–water partition coefficient (Wildman–Crippen LogP) is 18.7. The van der Waals surface area contributed by atoms with Crippen LogP contribution < -0.4 is 5.32 Å². The Morgan fingerprint density at radius 1 is 0.479 bits per heavy atom. The number of hydrogen-bond donors (Lipinski definition) is 2. The van der Waals surface area contributed by atoms with Gasteiger partial charge in [-0.05, 0) is 76.7 Å². The number of amides is 1. The van der Waals surface area contributed by atoms with Gasteiger partial charge in [-0.3, -0.25) is 18.6 Å². The molecule has 0 saturated heterocycles. The zero-order valence-electron chi connectivity index (χ0n) is 48.6. The van der Waals surface area contributed by atoms with E-state index in [2.05, 4.69) is 74.7 Å². The Morgan fingerprint density at radius 2 is 0.836 bits per heavy atom. The molecule has 10 heteroatoms. The molecule has 0 saturated carbocycles. The van der Waals surface area contributed by atoms with Gasteiger partial charge in [0.05, 0.1) is 33.8 Å². The molecular weight excluding hydrogens is 928 g/mol. The second-order valence-electron chi connectivity index (χ2n) is 21.9. The van der Waals surface area contributed by atoms with Crippen LogP contribution in [0.5, 0.6) is 0 Å². The summed E-state index contributed by atoms with van der Waals surface area (Å²) in [4.78, 5) is 37.7. The smallest absolute Gasteiger partial charge is 0.456 e.